The van der Waals surface area contributed by atoms with Crippen LogP contribution in [0.15, 0.2) is 52.3 Å². The number of hydrogen-bond donors (Lipinski definition) is 1. The van der Waals surface area contributed by atoms with Crippen LogP contribution >= 0.6 is 23.1 Å². The maximum atomic E-state index is 13.3. The highest BCUT2D eigenvalue weighted by Gasteiger charge is 2.55. The van der Waals surface area contributed by atoms with E-state index < -0.39 is 0 Å². The smallest absolute Gasteiger partial charge is 0.308 e. The first kappa shape index (κ1) is 23.7. The molecule has 0 saturated heterocycles. The number of anilines is 1. The molecule has 0 spiro atoms. The van der Waals surface area contributed by atoms with Crippen LogP contribution in [-0.2, 0) is 11.3 Å². The molecule has 6 nitrogen and oxygen atoms in total. The van der Waals surface area contributed by atoms with Crippen molar-refractivity contribution < 1.29 is 14.3 Å². The summed E-state index contributed by atoms with van der Waals surface area (Å²) in [6, 6.07) is 13.9. The van der Waals surface area contributed by atoms with Gasteiger partial charge in [-0.3, -0.25) is 14.2 Å². The number of ether oxygens (including phenoxy) is 2. The molecule has 188 valence electrons. The number of carbonyl (C=O) groups excluding carboxylic acids is 1. The zero-order valence-electron chi connectivity index (χ0n) is 20.7. The number of nitrogens with one attached hydrogen (secondary N) is 1. The van der Waals surface area contributed by atoms with Gasteiger partial charge in [0, 0.05) is 21.7 Å². The van der Waals surface area contributed by atoms with E-state index in [9.17, 15) is 9.59 Å². The van der Waals surface area contributed by atoms with Gasteiger partial charge in [-0.05, 0) is 73.3 Å². The molecule has 1 aliphatic heterocycles. The summed E-state index contributed by atoms with van der Waals surface area (Å²) in [5, 5.41) is 4.43. The summed E-state index contributed by atoms with van der Waals surface area (Å²) in [5.41, 5.74) is 2.94. The highest BCUT2D eigenvalue weighted by atomic mass is 32.2. The number of hydrogen-bond acceptors (Lipinski definition) is 6. The second-order valence-corrected chi connectivity index (χ2v) is 12.2. The van der Waals surface area contributed by atoms with Crippen LogP contribution in [0.1, 0.15) is 41.2 Å². The SMILES string of the molecule is COc1ccc([C@@H]2c3sc(=O)n(CC(=O)Nc4ccccc4C)c3S[C@@H]3[C@H]4CC[C@@H](C4)[C@@H]23)cc1OC. The highest BCUT2D eigenvalue weighted by molar-refractivity contribution is 8.00. The first-order valence-corrected chi connectivity index (χ1v) is 14.2. The molecule has 5 atom stereocenters. The summed E-state index contributed by atoms with van der Waals surface area (Å²) in [5.74, 6) is 3.20. The van der Waals surface area contributed by atoms with Gasteiger partial charge in [0.15, 0.2) is 11.5 Å². The lowest BCUT2D eigenvalue weighted by Gasteiger charge is -2.40. The van der Waals surface area contributed by atoms with Crippen LogP contribution in [0, 0.1) is 24.7 Å². The Morgan fingerprint density at radius 3 is 2.64 bits per heavy atom. The van der Waals surface area contributed by atoms with Gasteiger partial charge in [-0.25, -0.2) is 0 Å². The van der Waals surface area contributed by atoms with Gasteiger partial charge in [0.05, 0.1) is 19.2 Å². The Labute approximate surface area is 219 Å². The van der Waals surface area contributed by atoms with E-state index in [2.05, 4.69) is 17.4 Å². The monoisotopic (exact) mass is 522 g/mol. The molecule has 0 radical (unpaired) electrons. The maximum absolute atomic E-state index is 13.3. The molecule has 1 N–H and O–H groups in total. The third-order valence-corrected chi connectivity index (χ3v) is 11.0. The summed E-state index contributed by atoms with van der Waals surface area (Å²) in [6.45, 7) is 1.99. The Hall–Kier alpha value is -2.71. The zero-order chi connectivity index (χ0) is 25.0. The van der Waals surface area contributed by atoms with Crippen molar-refractivity contribution in [3.8, 4) is 11.5 Å². The van der Waals surface area contributed by atoms with Crippen molar-refractivity contribution in [1.29, 1.82) is 0 Å². The number of para-hydroxylation sites is 1. The van der Waals surface area contributed by atoms with Crippen LogP contribution in [0.25, 0.3) is 0 Å². The summed E-state index contributed by atoms with van der Waals surface area (Å²) >= 11 is 3.15. The van der Waals surface area contributed by atoms with E-state index in [0.717, 1.165) is 26.7 Å². The van der Waals surface area contributed by atoms with Crippen LogP contribution in [0.3, 0.4) is 0 Å². The standard InChI is InChI=1S/C28H30N2O4S2/c1-15-6-4-5-7-19(15)29-22(31)14-30-27-26(36-28(30)32)24(17-10-11-20(33-2)21(13-17)34-3)23-16-8-9-18(12-16)25(23)35-27/h4-7,10-11,13,16,18,23-25H,8-9,12,14H2,1-3H3,(H,29,31)/t16-,18-,23-,24-,25+/m0/s1. The van der Waals surface area contributed by atoms with Gasteiger partial charge in [-0.1, -0.05) is 35.6 Å². The molecule has 2 saturated carbocycles. The van der Waals surface area contributed by atoms with Crippen molar-refractivity contribution >= 4 is 34.7 Å². The first-order valence-electron chi connectivity index (χ1n) is 12.5. The van der Waals surface area contributed by atoms with Crippen LogP contribution in [-0.4, -0.2) is 29.9 Å². The van der Waals surface area contributed by atoms with Crippen molar-refractivity contribution in [1.82, 2.24) is 4.57 Å². The van der Waals surface area contributed by atoms with E-state index in [1.165, 1.54) is 30.6 Å². The molecule has 2 fully saturated rings. The summed E-state index contributed by atoms with van der Waals surface area (Å²) < 4.78 is 12.8. The molecular weight excluding hydrogens is 492 g/mol. The van der Waals surface area contributed by atoms with Gasteiger partial charge in [-0.2, -0.15) is 0 Å². The number of methoxy groups -OCH3 is 2. The number of carbonyl (C=O) groups is 1. The number of aryl methyl sites for hydroxylation is 1. The minimum absolute atomic E-state index is 0.0239. The third-order valence-electron chi connectivity index (χ3n) is 8.18. The van der Waals surface area contributed by atoms with Gasteiger partial charge >= 0.3 is 4.87 Å². The molecule has 3 aromatic rings. The van der Waals surface area contributed by atoms with Crippen molar-refractivity contribution in [2.75, 3.05) is 19.5 Å². The number of fused-ring (bicyclic) bond motifs is 6. The maximum Gasteiger partial charge on any atom is 0.308 e. The summed E-state index contributed by atoms with van der Waals surface area (Å²) in [4.78, 5) is 27.4. The van der Waals surface area contributed by atoms with Gasteiger partial charge in [-0.15, -0.1) is 11.8 Å². The van der Waals surface area contributed by atoms with Crippen LogP contribution < -0.4 is 19.7 Å². The van der Waals surface area contributed by atoms with E-state index in [4.69, 9.17) is 9.47 Å². The molecule has 1 aromatic heterocycles. The second kappa shape index (κ2) is 9.30. The quantitative estimate of drug-likeness (QED) is 0.461. The van der Waals surface area contributed by atoms with E-state index >= 15 is 0 Å². The normalized spacial score (nSPS) is 25.8. The van der Waals surface area contributed by atoms with Gasteiger partial charge in [0.25, 0.3) is 0 Å². The van der Waals surface area contributed by atoms with E-state index in [1.54, 1.807) is 18.8 Å². The fourth-order valence-corrected chi connectivity index (χ4v) is 9.70. The predicted octanol–water partition coefficient (Wildman–Crippen LogP) is 5.53. The predicted molar refractivity (Wildman–Crippen MR) is 144 cm³/mol. The molecule has 8 heteroatoms. The highest BCUT2D eigenvalue weighted by Crippen LogP contribution is 2.64. The number of rotatable bonds is 6. The third kappa shape index (κ3) is 3.86. The molecule has 2 heterocycles. The second-order valence-electron chi connectivity index (χ2n) is 10.1. The topological polar surface area (TPSA) is 69.6 Å². The van der Waals surface area contributed by atoms with Crippen molar-refractivity contribution in [2.45, 2.75) is 48.9 Å². The number of nitrogens with zero attached hydrogens (tertiary/aromatic N) is 1. The van der Waals surface area contributed by atoms with E-state index in [0.29, 0.717) is 34.5 Å². The van der Waals surface area contributed by atoms with E-state index in [1.807, 2.05) is 49.0 Å². The van der Waals surface area contributed by atoms with Crippen LogP contribution in [0.2, 0.25) is 0 Å². The number of amides is 1. The van der Waals surface area contributed by atoms with E-state index in [-0.39, 0.29) is 23.2 Å². The lowest BCUT2D eigenvalue weighted by Crippen LogP contribution is -2.34. The molecule has 3 aliphatic rings. The average molecular weight is 523 g/mol. The summed E-state index contributed by atoms with van der Waals surface area (Å²) in [7, 11) is 3.30. The molecule has 1 amide bonds. The van der Waals surface area contributed by atoms with Crippen LogP contribution in [0.4, 0.5) is 5.69 Å². The average Bonchev–Trinajstić information content (AvgIpc) is 3.58. The molecule has 0 unspecified atom stereocenters. The molecular formula is C28H30N2O4S2. The number of aromatic nitrogens is 1. The van der Waals surface area contributed by atoms with Crippen molar-refractivity contribution in [3.63, 3.8) is 0 Å². The van der Waals surface area contributed by atoms with Gasteiger partial charge in [0.2, 0.25) is 5.91 Å². The Morgan fingerprint density at radius 2 is 1.86 bits per heavy atom. The zero-order valence-corrected chi connectivity index (χ0v) is 22.3. The van der Waals surface area contributed by atoms with Crippen LogP contribution in [0.5, 0.6) is 11.5 Å². The number of thioether (sulfide) groups is 1. The molecule has 2 bridgehead atoms. The Morgan fingerprint density at radius 1 is 1.08 bits per heavy atom. The number of benzene rings is 2. The molecule has 2 aromatic carbocycles. The first-order chi connectivity index (χ1) is 17.5. The minimum Gasteiger partial charge on any atom is -0.493 e. The van der Waals surface area contributed by atoms with Crippen molar-refractivity contribution in [3.05, 3.63) is 68.1 Å². The Bertz CT molecular complexity index is 1380. The molecule has 6 rings (SSSR count). The number of thiazole rings is 1. The lowest BCUT2D eigenvalue weighted by molar-refractivity contribution is -0.116. The van der Waals surface area contributed by atoms with Crippen molar-refractivity contribution in [2.24, 2.45) is 17.8 Å². The molecule has 36 heavy (non-hydrogen) atoms. The Balaban J connectivity index is 1.39. The fourth-order valence-electron chi connectivity index (χ4n) is 6.55. The lowest BCUT2D eigenvalue weighted by atomic mass is 9.75. The minimum atomic E-state index is -0.176. The largest absolute Gasteiger partial charge is 0.493 e. The van der Waals surface area contributed by atoms with Gasteiger partial charge in [0.1, 0.15) is 6.54 Å². The fraction of sp³-hybridized carbons (Fsp3) is 0.429. The van der Waals surface area contributed by atoms with Gasteiger partial charge < -0.3 is 14.8 Å². The molecule has 2 aliphatic carbocycles. The Kier molecular flexibility index (Phi) is 6.12. The summed E-state index contributed by atoms with van der Waals surface area (Å²) in [6.07, 6.45) is 3.79.